The third kappa shape index (κ3) is 4.95. The molecule has 9 heteroatoms. The first kappa shape index (κ1) is 26.0. The summed E-state index contributed by atoms with van der Waals surface area (Å²) in [7, 11) is 1.63. The van der Waals surface area contributed by atoms with Gasteiger partial charge < -0.3 is 25.3 Å². The molecule has 5 rings (SSSR count). The number of rotatable bonds is 6. The molecule has 0 spiro atoms. The van der Waals surface area contributed by atoms with E-state index in [0.29, 0.717) is 45.5 Å². The number of ether oxygens (including phenoxy) is 1. The Hall–Kier alpha value is -3.59. The molecular formula is C29H37N5O4. The summed E-state index contributed by atoms with van der Waals surface area (Å²) in [5.74, 6) is -0.180. The van der Waals surface area contributed by atoms with Crippen LogP contribution in [0.1, 0.15) is 48.8 Å². The number of piperidine rings is 1. The number of primary amides is 1. The molecule has 3 N–H and O–H groups in total. The highest BCUT2D eigenvalue weighted by molar-refractivity contribution is 5.82. The van der Waals surface area contributed by atoms with Crippen LogP contribution in [0.25, 0.3) is 11.0 Å². The predicted octanol–water partition coefficient (Wildman–Crippen LogP) is 3.39. The number of urea groups is 1. The zero-order valence-electron chi connectivity index (χ0n) is 22.1. The minimum absolute atomic E-state index is 0.0273. The molecule has 38 heavy (non-hydrogen) atoms. The maximum absolute atomic E-state index is 14.0. The maximum Gasteiger partial charge on any atom is 0.326 e. The van der Waals surface area contributed by atoms with Gasteiger partial charge in [0.05, 0.1) is 23.6 Å². The van der Waals surface area contributed by atoms with Crippen molar-refractivity contribution in [3.63, 3.8) is 0 Å². The van der Waals surface area contributed by atoms with Crippen LogP contribution in [0.5, 0.6) is 0 Å². The molecule has 4 atom stereocenters. The molecule has 3 heterocycles. The van der Waals surface area contributed by atoms with Crippen molar-refractivity contribution in [3.8, 4) is 0 Å². The first-order valence-corrected chi connectivity index (χ1v) is 13.5. The second-order valence-electron chi connectivity index (χ2n) is 10.6. The Morgan fingerprint density at radius 1 is 1.08 bits per heavy atom. The number of nitrogens with one attached hydrogen (secondary N) is 1. The van der Waals surface area contributed by atoms with Crippen molar-refractivity contribution in [2.45, 2.75) is 50.6 Å². The number of para-hydroxylation sites is 1. The standard InChI is InChI=1S/C29H37N5O4/c1-19-7-6-10-24-26(19)31-29(37)34(24)22-13-14-33(28(30)36)25(17-22)23-12-11-21(20-8-4-3-5-9-20)18-32(27(23)35)15-16-38-2/h3-10,21-23,25H,11-18H2,1-2H3,(H2,30,36)(H,31,37)/t21-,22?,23-,25?/m1/s1. The summed E-state index contributed by atoms with van der Waals surface area (Å²) < 4.78 is 7.13. The number of benzene rings is 2. The maximum atomic E-state index is 14.0. The fraction of sp³-hybridized carbons (Fsp3) is 0.483. The molecule has 0 bridgehead atoms. The van der Waals surface area contributed by atoms with Crippen LogP contribution in [0.15, 0.2) is 53.3 Å². The molecule has 1 aromatic heterocycles. The summed E-state index contributed by atoms with van der Waals surface area (Å²) in [4.78, 5) is 46.3. The van der Waals surface area contributed by atoms with Gasteiger partial charge in [0.2, 0.25) is 5.91 Å². The smallest absolute Gasteiger partial charge is 0.326 e. The summed E-state index contributed by atoms with van der Waals surface area (Å²) in [5, 5.41) is 0. The van der Waals surface area contributed by atoms with Crippen molar-refractivity contribution >= 4 is 23.0 Å². The van der Waals surface area contributed by atoms with Crippen molar-refractivity contribution in [2.75, 3.05) is 33.4 Å². The number of nitrogens with zero attached hydrogens (tertiary/aromatic N) is 3. The Bertz CT molecular complexity index is 1350. The molecule has 2 saturated heterocycles. The van der Waals surface area contributed by atoms with Crippen LogP contribution in [0, 0.1) is 12.8 Å². The Labute approximate surface area is 222 Å². The van der Waals surface area contributed by atoms with E-state index in [1.54, 1.807) is 12.0 Å². The van der Waals surface area contributed by atoms with Crippen LogP contribution < -0.4 is 11.4 Å². The van der Waals surface area contributed by atoms with E-state index in [2.05, 4.69) is 17.1 Å². The van der Waals surface area contributed by atoms with Gasteiger partial charge in [0.15, 0.2) is 0 Å². The Morgan fingerprint density at radius 3 is 2.61 bits per heavy atom. The number of nitrogens with two attached hydrogens (primary N) is 1. The van der Waals surface area contributed by atoms with E-state index in [1.165, 1.54) is 5.56 Å². The average molecular weight is 520 g/mol. The lowest BCUT2D eigenvalue weighted by molar-refractivity contribution is -0.138. The summed E-state index contributed by atoms with van der Waals surface area (Å²) in [6, 6.07) is 15.1. The number of carbonyl (C=O) groups excluding carboxylic acids is 2. The molecule has 2 unspecified atom stereocenters. The number of aromatic amines is 1. The monoisotopic (exact) mass is 519 g/mol. The van der Waals surface area contributed by atoms with Gasteiger partial charge in [-0.25, -0.2) is 9.59 Å². The molecule has 2 fully saturated rings. The fourth-order valence-electron chi connectivity index (χ4n) is 6.47. The van der Waals surface area contributed by atoms with E-state index >= 15 is 0 Å². The van der Waals surface area contributed by atoms with Gasteiger partial charge in [0.25, 0.3) is 0 Å². The van der Waals surface area contributed by atoms with Crippen molar-refractivity contribution in [2.24, 2.45) is 11.7 Å². The number of hydrogen-bond acceptors (Lipinski definition) is 4. The van der Waals surface area contributed by atoms with Gasteiger partial charge in [-0.3, -0.25) is 9.36 Å². The number of methoxy groups -OCH3 is 1. The number of aryl methyl sites for hydroxylation is 1. The summed E-state index contributed by atoms with van der Waals surface area (Å²) in [5.41, 5.74) is 9.58. The molecule has 0 aliphatic carbocycles. The first-order chi connectivity index (χ1) is 18.4. The van der Waals surface area contributed by atoms with Crippen LogP contribution in [0.3, 0.4) is 0 Å². The molecular weight excluding hydrogens is 482 g/mol. The summed E-state index contributed by atoms with van der Waals surface area (Å²) >= 11 is 0. The average Bonchev–Trinajstić information content (AvgIpc) is 3.17. The number of hydrogen-bond donors (Lipinski definition) is 2. The minimum Gasteiger partial charge on any atom is -0.383 e. The highest BCUT2D eigenvalue weighted by Gasteiger charge is 2.43. The Kier molecular flexibility index (Phi) is 7.56. The zero-order chi connectivity index (χ0) is 26.8. The number of amides is 3. The zero-order valence-corrected chi connectivity index (χ0v) is 22.1. The topological polar surface area (TPSA) is 114 Å². The highest BCUT2D eigenvalue weighted by Crippen LogP contribution is 2.38. The number of likely N-dealkylation sites (tertiary alicyclic amines) is 2. The number of H-pyrrole nitrogens is 1. The molecule has 0 radical (unpaired) electrons. The van der Waals surface area contributed by atoms with Gasteiger partial charge in [0.1, 0.15) is 0 Å². The van der Waals surface area contributed by atoms with Crippen LogP contribution in [-0.2, 0) is 9.53 Å². The number of fused-ring (bicyclic) bond motifs is 1. The predicted molar refractivity (Wildman–Crippen MR) is 146 cm³/mol. The fourth-order valence-corrected chi connectivity index (χ4v) is 6.47. The number of aromatic nitrogens is 2. The third-order valence-electron chi connectivity index (χ3n) is 8.42. The lowest BCUT2D eigenvalue weighted by Crippen LogP contribution is -2.55. The lowest BCUT2D eigenvalue weighted by atomic mass is 9.83. The van der Waals surface area contributed by atoms with Crippen LogP contribution in [0.4, 0.5) is 4.79 Å². The van der Waals surface area contributed by atoms with Crippen molar-refractivity contribution in [1.29, 1.82) is 0 Å². The summed E-state index contributed by atoms with van der Waals surface area (Å²) in [6.45, 7) is 3.92. The second-order valence-corrected chi connectivity index (χ2v) is 10.6. The van der Waals surface area contributed by atoms with Gasteiger partial charge in [-0.1, -0.05) is 42.5 Å². The summed E-state index contributed by atoms with van der Waals surface area (Å²) in [6.07, 6.45) is 2.56. The molecule has 2 aliphatic rings. The molecule has 3 aromatic rings. The van der Waals surface area contributed by atoms with Crippen LogP contribution in [-0.4, -0.2) is 70.7 Å². The normalized spacial score (nSPS) is 24.5. The lowest BCUT2D eigenvalue weighted by Gasteiger charge is -2.42. The molecule has 9 nitrogen and oxygen atoms in total. The van der Waals surface area contributed by atoms with Crippen LogP contribution >= 0.6 is 0 Å². The van der Waals surface area contributed by atoms with Gasteiger partial charge in [-0.05, 0) is 49.8 Å². The van der Waals surface area contributed by atoms with Crippen molar-refractivity contribution in [3.05, 3.63) is 70.1 Å². The van der Waals surface area contributed by atoms with E-state index in [1.807, 2.05) is 52.8 Å². The highest BCUT2D eigenvalue weighted by atomic mass is 16.5. The van der Waals surface area contributed by atoms with E-state index < -0.39 is 11.9 Å². The van der Waals surface area contributed by atoms with E-state index in [-0.39, 0.29) is 29.6 Å². The Morgan fingerprint density at radius 2 is 1.87 bits per heavy atom. The Balaban J connectivity index is 1.48. The van der Waals surface area contributed by atoms with Gasteiger partial charge >= 0.3 is 11.7 Å². The molecule has 3 amide bonds. The third-order valence-corrected chi connectivity index (χ3v) is 8.42. The van der Waals surface area contributed by atoms with Crippen molar-refractivity contribution in [1.82, 2.24) is 19.4 Å². The minimum atomic E-state index is -0.518. The van der Waals surface area contributed by atoms with Crippen LogP contribution in [0.2, 0.25) is 0 Å². The van der Waals surface area contributed by atoms with E-state index in [0.717, 1.165) is 23.0 Å². The first-order valence-electron chi connectivity index (χ1n) is 13.5. The molecule has 2 aromatic carbocycles. The molecule has 0 saturated carbocycles. The van der Waals surface area contributed by atoms with E-state index in [4.69, 9.17) is 10.5 Å². The van der Waals surface area contributed by atoms with Gasteiger partial charge in [-0.2, -0.15) is 0 Å². The number of imidazole rings is 1. The number of carbonyl (C=O) groups is 2. The van der Waals surface area contributed by atoms with Gasteiger partial charge in [0, 0.05) is 44.7 Å². The van der Waals surface area contributed by atoms with Gasteiger partial charge in [-0.15, -0.1) is 0 Å². The quantitative estimate of drug-likeness (QED) is 0.520. The molecule has 202 valence electrons. The largest absolute Gasteiger partial charge is 0.383 e. The second kappa shape index (κ2) is 11.0. The SMILES string of the molecule is COCCN1C[C@H](c2ccccc2)CC[C@H](C2CC(n3c(=O)[nH]c4c(C)cccc43)CCN2C(N)=O)C1=O. The van der Waals surface area contributed by atoms with Crippen molar-refractivity contribution < 1.29 is 14.3 Å². The van der Waals surface area contributed by atoms with E-state index in [9.17, 15) is 14.4 Å². The molecule has 2 aliphatic heterocycles.